The van der Waals surface area contributed by atoms with Crippen LogP contribution < -0.4 is 9.80 Å². The highest BCUT2D eigenvalue weighted by molar-refractivity contribution is 7.99. The summed E-state index contributed by atoms with van der Waals surface area (Å²) < 4.78 is 9.53. The first-order chi connectivity index (χ1) is 22.6. The van der Waals surface area contributed by atoms with Crippen LogP contribution in [0.3, 0.4) is 0 Å². The van der Waals surface area contributed by atoms with Crippen LogP contribution in [-0.2, 0) is 46.4 Å². The second-order valence-electron chi connectivity index (χ2n) is 11.8. The summed E-state index contributed by atoms with van der Waals surface area (Å²) >= 11 is 15.1. The van der Waals surface area contributed by atoms with Crippen molar-refractivity contribution in [3.05, 3.63) is 57.6 Å². The number of fused-ring (bicyclic) bond motifs is 1. The molecule has 5 rings (SSSR count). The number of benzene rings is 2. The van der Waals surface area contributed by atoms with Gasteiger partial charge in [0.25, 0.3) is 11.6 Å². The predicted molar refractivity (Wildman–Crippen MR) is 182 cm³/mol. The van der Waals surface area contributed by atoms with Crippen LogP contribution in [0.25, 0.3) is 0 Å². The molecule has 2 heterocycles. The number of hydrogen-bond acceptors (Lipinski definition) is 10. The van der Waals surface area contributed by atoms with Crippen LogP contribution in [0.1, 0.15) is 50.7 Å². The number of aryl methyl sites for hydroxylation is 1. The maximum Gasteiger partial charge on any atom is 0.375 e. The van der Waals surface area contributed by atoms with Gasteiger partial charge in [0.05, 0.1) is 36.5 Å². The molecule has 1 amide bonds. The number of halogens is 2. The molecule has 252 valence electrons. The number of carbonyl (C=O) groups is 5. The van der Waals surface area contributed by atoms with Crippen molar-refractivity contribution in [2.24, 2.45) is 5.92 Å². The van der Waals surface area contributed by atoms with Gasteiger partial charge < -0.3 is 19.3 Å². The lowest BCUT2D eigenvalue weighted by Crippen LogP contribution is -2.52. The Bertz CT molecular complexity index is 1510. The minimum Gasteiger partial charge on any atom is -0.460 e. The molecule has 2 aliphatic heterocycles. The fraction of sp³-hybridized carbons (Fsp3) is 0.500. The highest BCUT2D eigenvalue weighted by atomic mass is 35.5. The van der Waals surface area contributed by atoms with E-state index in [4.69, 9.17) is 32.7 Å². The lowest BCUT2D eigenvalue weighted by molar-refractivity contribution is -0.161. The van der Waals surface area contributed by atoms with Crippen molar-refractivity contribution in [2.75, 3.05) is 47.7 Å². The smallest absolute Gasteiger partial charge is 0.375 e. The summed E-state index contributed by atoms with van der Waals surface area (Å²) in [5, 5.41) is 0.937. The van der Waals surface area contributed by atoms with Crippen LogP contribution in [0.15, 0.2) is 36.4 Å². The number of thioether (sulfide) groups is 1. The van der Waals surface area contributed by atoms with Gasteiger partial charge in [-0.3, -0.25) is 19.3 Å². The van der Waals surface area contributed by atoms with E-state index in [0.29, 0.717) is 52.8 Å². The van der Waals surface area contributed by atoms with Crippen LogP contribution in [-0.4, -0.2) is 84.3 Å². The van der Waals surface area contributed by atoms with Crippen LogP contribution in [0.2, 0.25) is 10.0 Å². The number of ether oxygens (including phenoxy) is 2. The van der Waals surface area contributed by atoms with E-state index in [9.17, 15) is 24.0 Å². The maximum atomic E-state index is 14.0. The lowest BCUT2D eigenvalue weighted by atomic mass is 9.91. The van der Waals surface area contributed by atoms with E-state index in [-0.39, 0.29) is 38.0 Å². The van der Waals surface area contributed by atoms with Crippen molar-refractivity contribution in [2.45, 2.75) is 64.6 Å². The van der Waals surface area contributed by atoms with Gasteiger partial charge in [0.2, 0.25) is 5.91 Å². The predicted octanol–water partition coefficient (Wildman–Crippen LogP) is 5.09. The Morgan fingerprint density at radius 3 is 2.15 bits per heavy atom. The van der Waals surface area contributed by atoms with E-state index >= 15 is 0 Å². The average molecular weight is 705 g/mol. The molecule has 13 heteroatoms. The van der Waals surface area contributed by atoms with Gasteiger partial charge in [0, 0.05) is 47.4 Å². The van der Waals surface area contributed by atoms with Crippen molar-refractivity contribution < 1.29 is 33.4 Å². The van der Waals surface area contributed by atoms with Crippen molar-refractivity contribution in [3.8, 4) is 0 Å². The first-order valence-corrected chi connectivity index (χ1v) is 17.9. The van der Waals surface area contributed by atoms with E-state index in [2.05, 4.69) is 15.9 Å². The molecule has 0 N–H and O–H groups in total. The standard InChI is InChI=1S/C34H39Cl2N3O7S/c1-3-45-33(43)30(40)24(31(41)34(44)46-4-2)9-7-8-21-16-26(36)22(17-25(21)35)18-37-20-47-19-29(37)32(42)39-15-14-38(23-12-13-23)27-10-5-6-11-28(27)39/h5-6,10-11,16-17,23-24,29H,3-4,7-9,12-15,18-20H2,1-2H3. The minimum absolute atomic E-state index is 0.0400. The van der Waals surface area contributed by atoms with Crippen LogP contribution in [0, 0.1) is 5.92 Å². The number of ketones is 2. The Morgan fingerprint density at radius 2 is 1.51 bits per heavy atom. The molecule has 0 radical (unpaired) electrons. The highest BCUT2D eigenvalue weighted by Crippen LogP contribution is 2.41. The SMILES string of the molecule is CCOC(=O)C(=O)C(CCCc1cc(Cl)c(CN2CSCC2C(=O)N2CCN(C3CC3)c3ccccc32)cc1Cl)C(=O)C(=O)OCC. The summed E-state index contributed by atoms with van der Waals surface area (Å²) in [6, 6.07) is 12.0. The van der Waals surface area contributed by atoms with Gasteiger partial charge in [0.15, 0.2) is 0 Å². The average Bonchev–Trinajstić information content (AvgIpc) is 3.81. The van der Waals surface area contributed by atoms with E-state index in [1.54, 1.807) is 37.7 Å². The summed E-state index contributed by atoms with van der Waals surface area (Å²) in [7, 11) is 0. The lowest BCUT2D eigenvalue weighted by Gasteiger charge is -2.39. The van der Waals surface area contributed by atoms with Gasteiger partial charge in [-0.1, -0.05) is 35.3 Å². The first kappa shape index (κ1) is 35.2. The molecule has 10 nitrogen and oxygen atoms in total. The highest BCUT2D eigenvalue weighted by Gasteiger charge is 2.40. The van der Waals surface area contributed by atoms with E-state index in [0.717, 1.165) is 23.5 Å². The van der Waals surface area contributed by atoms with Gasteiger partial charge in [0.1, 0.15) is 0 Å². The van der Waals surface area contributed by atoms with Gasteiger partial charge in [-0.15, -0.1) is 11.8 Å². The third kappa shape index (κ3) is 8.13. The number of amides is 1. The van der Waals surface area contributed by atoms with Gasteiger partial charge in [-0.25, -0.2) is 9.59 Å². The molecule has 2 fully saturated rings. The number of para-hydroxylation sites is 2. The molecule has 47 heavy (non-hydrogen) atoms. The largest absolute Gasteiger partial charge is 0.460 e. The third-order valence-corrected chi connectivity index (χ3v) is 10.4. The normalized spacial score (nSPS) is 17.9. The second kappa shape index (κ2) is 15.9. The molecule has 1 unspecified atom stereocenters. The first-order valence-electron chi connectivity index (χ1n) is 16.0. The molecule has 1 aliphatic carbocycles. The number of esters is 2. The Labute approximate surface area is 289 Å². The summed E-state index contributed by atoms with van der Waals surface area (Å²) in [5.74, 6) is -4.54. The van der Waals surface area contributed by atoms with Crippen molar-refractivity contribution in [3.63, 3.8) is 0 Å². The summed E-state index contributed by atoms with van der Waals surface area (Å²) in [5.41, 5.74) is 3.57. The molecule has 0 bridgehead atoms. The quantitative estimate of drug-likeness (QED) is 0.150. The third-order valence-electron chi connectivity index (χ3n) is 8.67. The fourth-order valence-corrected chi connectivity index (χ4v) is 7.86. The Hall–Kier alpha value is -3.12. The van der Waals surface area contributed by atoms with Crippen LogP contribution >= 0.6 is 35.0 Å². The fourth-order valence-electron chi connectivity index (χ4n) is 6.15. The number of anilines is 2. The number of nitrogens with zero attached hydrogens (tertiary/aromatic N) is 3. The van der Waals surface area contributed by atoms with Crippen LogP contribution in [0.5, 0.6) is 0 Å². The van der Waals surface area contributed by atoms with Crippen LogP contribution in [0.4, 0.5) is 11.4 Å². The van der Waals surface area contributed by atoms with Crippen molar-refractivity contribution >= 4 is 75.8 Å². The van der Waals surface area contributed by atoms with Gasteiger partial charge in [-0.2, -0.15) is 0 Å². The molecule has 0 spiro atoms. The van der Waals surface area contributed by atoms with E-state index < -0.39 is 29.4 Å². The number of Topliss-reactive ketones (excluding diaryl/α,β-unsaturated/α-hetero) is 2. The topological polar surface area (TPSA) is 114 Å². The minimum atomic E-state index is -1.51. The van der Waals surface area contributed by atoms with E-state index in [1.165, 1.54) is 12.8 Å². The number of carbonyl (C=O) groups excluding carboxylic acids is 5. The molecule has 1 saturated heterocycles. The summed E-state index contributed by atoms with van der Waals surface area (Å²) in [6.45, 7) is 4.92. The Morgan fingerprint density at radius 1 is 0.894 bits per heavy atom. The van der Waals surface area contributed by atoms with E-state index in [1.807, 2.05) is 23.1 Å². The monoisotopic (exact) mass is 703 g/mol. The van der Waals surface area contributed by atoms with Crippen molar-refractivity contribution in [1.82, 2.24) is 4.90 Å². The maximum absolute atomic E-state index is 14.0. The molecular weight excluding hydrogens is 665 g/mol. The molecule has 1 atom stereocenters. The number of rotatable bonds is 14. The summed E-state index contributed by atoms with van der Waals surface area (Å²) in [6.07, 6.45) is 2.93. The summed E-state index contributed by atoms with van der Waals surface area (Å²) in [4.78, 5) is 69.9. The Kier molecular flexibility index (Phi) is 11.9. The molecule has 0 aromatic heterocycles. The molecule has 2 aromatic carbocycles. The zero-order valence-electron chi connectivity index (χ0n) is 26.5. The molecule has 1 saturated carbocycles. The Balaban J connectivity index is 1.24. The molecule has 3 aliphatic rings. The van der Waals surface area contributed by atoms with Crippen molar-refractivity contribution in [1.29, 1.82) is 0 Å². The molecular formula is C34H39Cl2N3O7S. The zero-order chi connectivity index (χ0) is 33.7. The number of hydrogen-bond donors (Lipinski definition) is 0. The zero-order valence-corrected chi connectivity index (χ0v) is 28.9. The van der Waals surface area contributed by atoms with Gasteiger partial charge >= 0.3 is 11.9 Å². The molecule has 2 aromatic rings. The second-order valence-corrected chi connectivity index (χ2v) is 13.6. The van der Waals surface area contributed by atoms with Gasteiger partial charge in [-0.05, 0) is 81.3 Å².